The van der Waals surface area contributed by atoms with Crippen molar-refractivity contribution < 1.29 is 13.9 Å². The molecule has 4 rings (SSSR count). The topological polar surface area (TPSA) is 67.3 Å². The van der Waals surface area contributed by atoms with E-state index >= 15 is 0 Å². The van der Waals surface area contributed by atoms with Crippen LogP contribution in [0.15, 0.2) is 42.7 Å². The van der Waals surface area contributed by atoms with Gasteiger partial charge in [-0.15, -0.1) is 0 Å². The standard InChI is InChI=1S/C22H27FN4O2/c1-29-20-12-17-14-27(22-24-8-3-9-25-22)13-16(17)11-19(20)26-21(28)7-6-15-4-2-5-18(23)10-15/h2-5,8-10,16-17,19-20H,6-7,11-14H2,1H3,(H,26,28)/t16-,17+,19-,20-/m0/s1. The van der Waals surface area contributed by atoms with Crippen molar-refractivity contribution in [2.45, 2.75) is 37.8 Å². The van der Waals surface area contributed by atoms with Gasteiger partial charge in [-0.2, -0.15) is 0 Å². The fourth-order valence-corrected chi connectivity index (χ4v) is 4.67. The number of hydrogen-bond acceptors (Lipinski definition) is 5. The van der Waals surface area contributed by atoms with Crippen molar-refractivity contribution in [3.8, 4) is 0 Å². The van der Waals surface area contributed by atoms with Crippen LogP contribution >= 0.6 is 0 Å². The van der Waals surface area contributed by atoms with Crippen LogP contribution in [-0.2, 0) is 16.0 Å². The summed E-state index contributed by atoms with van der Waals surface area (Å²) in [6.45, 7) is 1.83. The highest BCUT2D eigenvalue weighted by Crippen LogP contribution is 2.38. The Balaban J connectivity index is 1.34. The molecule has 0 spiro atoms. The van der Waals surface area contributed by atoms with Crippen LogP contribution in [0.1, 0.15) is 24.8 Å². The number of rotatable bonds is 6. The maximum absolute atomic E-state index is 13.3. The molecule has 154 valence electrons. The monoisotopic (exact) mass is 398 g/mol. The molecule has 2 aromatic rings. The van der Waals surface area contributed by atoms with Gasteiger partial charge >= 0.3 is 0 Å². The van der Waals surface area contributed by atoms with Gasteiger partial charge in [0.05, 0.1) is 12.1 Å². The first-order valence-corrected chi connectivity index (χ1v) is 10.2. The number of methoxy groups -OCH3 is 1. The molecule has 0 bridgehead atoms. The van der Waals surface area contributed by atoms with E-state index in [1.165, 1.54) is 12.1 Å². The van der Waals surface area contributed by atoms with Gasteiger partial charge in [-0.05, 0) is 54.9 Å². The number of ether oxygens (including phenoxy) is 1. The molecule has 2 heterocycles. The SMILES string of the molecule is CO[C@H]1C[C@@H]2CN(c3ncccn3)C[C@@H]2C[C@@H]1NC(=O)CCc1cccc(F)c1. The van der Waals surface area contributed by atoms with Crippen molar-refractivity contribution >= 4 is 11.9 Å². The molecule has 1 aliphatic carbocycles. The van der Waals surface area contributed by atoms with Gasteiger partial charge in [-0.1, -0.05) is 12.1 Å². The highest BCUT2D eigenvalue weighted by atomic mass is 19.1. The number of carbonyl (C=O) groups excluding carboxylic acids is 1. The minimum Gasteiger partial charge on any atom is -0.379 e. The molecular formula is C22H27FN4O2. The lowest BCUT2D eigenvalue weighted by atomic mass is 9.77. The van der Waals surface area contributed by atoms with Crippen molar-refractivity contribution in [2.75, 3.05) is 25.1 Å². The summed E-state index contributed by atoms with van der Waals surface area (Å²) in [6, 6.07) is 8.23. The number of anilines is 1. The molecule has 6 nitrogen and oxygen atoms in total. The zero-order valence-electron chi connectivity index (χ0n) is 16.6. The number of halogens is 1. The van der Waals surface area contributed by atoms with Crippen LogP contribution in [0, 0.1) is 17.7 Å². The van der Waals surface area contributed by atoms with Crippen LogP contribution in [0.5, 0.6) is 0 Å². The van der Waals surface area contributed by atoms with Crippen LogP contribution in [-0.4, -0.2) is 48.2 Å². The molecule has 29 heavy (non-hydrogen) atoms. The average molecular weight is 398 g/mol. The number of aryl methyl sites for hydroxylation is 1. The normalized spacial score (nSPS) is 26.2. The molecule has 4 atom stereocenters. The third-order valence-electron chi connectivity index (χ3n) is 6.13. The van der Waals surface area contributed by atoms with E-state index < -0.39 is 0 Å². The fraction of sp³-hybridized carbons (Fsp3) is 0.500. The molecule has 1 aromatic heterocycles. The van der Waals surface area contributed by atoms with Gasteiger partial charge in [0.15, 0.2) is 0 Å². The van der Waals surface area contributed by atoms with Crippen molar-refractivity contribution in [2.24, 2.45) is 11.8 Å². The van der Waals surface area contributed by atoms with Crippen LogP contribution < -0.4 is 10.2 Å². The number of hydrogen-bond donors (Lipinski definition) is 1. The zero-order chi connectivity index (χ0) is 20.2. The van der Waals surface area contributed by atoms with Gasteiger partial charge in [-0.25, -0.2) is 14.4 Å². The highest BCUT2D eigenvalue weighted by Gasteiger charge is 2.43. The van der Waals surface area contributed by atoms with Gasteiger partial charge in [0.25, 0.3) is 0 Å². The Labute approximate surface area is 170 Å². The molecule has 0 unspecified atom stereocenters. The number of amides is 1. The summed E-state index contributed by atoms with van der Waals surface area (Å²) in [4.78, 5) is 23.5. The highest BCUT2D eigenvalue weighted by molar-refractivity contribution is 5.76. The van der Waals surface area contributed by atoms with Crippen molar-refractivity contribution in [3.63, 3.8) is 0 Å². The van der Waals surface area contributed by atoms with E-state index in [9.17, 15) is 9.18 Å². The van der Waals surface area contributed by atoms with Gasteiger partial charge in [0, 0.05) is 39.0 Å². The Morgan fingerprint density at radius 3 is 2.69 bits per heavy atom. The molecule has 1 N–H and O–H groups in total. The first-order chi connectivity index (χ1) is 14.1. The zero-order valence-corrected chi connectivity index (χ0v) is 16.6. The van der Waals surface area contributed by atoms with E-state index in [0.29, 0.717) is 24.7 Å². The Morgan fingerprint density at radius 1 is 1.21 bits per heavy atom. The minimum absolute atomic E-state index is 0.00194. The van der Waals surface area contributed by atoms with E-state index in [1.807, 2.05) is 12.1 Å². The Morgan fingerprint density at radius 2 is 1.97 bits per heavy atom. The number of benzene rings is 1. The minimum atomic E-state index is -0.270. The molecule has 1 aliphatic heterocycles. The van der Waals surface area contributed by atoms with E-state index in [4.69, 9.17) is 4.74 Å². The third kappa shape index (κ3) is 4.72. The predicted molar refractivity (Wildman–Crippen MR) is 108 cm³/mol. The lowest BCUT2D eigenvalue weighted by molar-refractivity contribution is -0.123. The fourth-order valence-electron chi connectivity index (χ4n) is 4.67. The van der Waals surface area contributed by atoms with Gasteiger partial charge in [0.1, 0.15) is 5.82 Å². The Hall–Kier alpha value is -2.54. The van der Waals surface area contributed by atoms with Gasteiger partial charge in [-0.3, -0.25) is 4.79 Å². The molecule has 0 radical (unpaired) electrons. The first-order valence-electron chi connectivity index (χ1n) is 10.2. The smallest absolute Gasteiger partial charge is 0.225 e. The Kier molecular flexibility index (Phi) is 6.04. The second-order valence-electron chi connectivity index (χ2n) is 8.02. The molecular weight excluding hydrogens is 371 g/mol. The lowest BCUT2D eigenvalue weighted by Crippen LogP contribution is -2.50. The van der Waals surface area contributed by atoms with Crippen molar-refractivity contribution in [1.82, 2.24) is 15.3 Å². The summed E-state index contributed by atoms with van der Waals surface area (Å²) in [7, 11) is 1.71. The summed E-state index contributed by atoms with van der Waals surface area (Å²) < 4.78 is 19.0. The summed E-state index contributed by atoms with van der Waals surface area (Å²) >= 11 is 0. The largest absolute Gasteiger partial charge is 0.379 e. The maximum atomic E-state index is 13.3. The third-order valence-corrected chi connectivity index (χ3v) is 6.13. The number of fused-ring (bicyclic) bond motifs is 1. The molecule has 1 saturated heterocycles. The number of aromatic nitrogens is 2. The van der Waals surface area contributed by atoms with Crippen LogP contribution in [0.25, 0.3) is 0 Å². The van der Waals surface area contributed by atoms with Gasteiger partial charge < -0.3 is 15.0 Å². The summed E-state index contributed by atoms with van der Waals surface area (Å²) in [5.41, 5.74) is 0.835. The van der Waals surface area contributed by atoms with Gasteiger partial charge in [0.2, 0.25) is 11.9 Å². The number of nitrogens with one attached hydrogen (secondary N) is 1. The van der Waals surface area contributed by atoms with E-state index in [0.717, 1.165) is 37.4 Å². The number of carbonyl (C=O) groups is 1. The lowest BCUT2D eigenvalue weighted by Gasteiger charge is -2.37. The molecule has 1 saturated carbocycles. The maximum Gasteiger partial charge on any atom is 0.225 e. The van der Waals surface area contributed by atoms with Crippen molar-refractivity contribution in [1.29, 1.82) is 0 Å². The average Bonchev–Trinajstić information content (AvgIpc) is 3.15. The van der Waals surface area contributed by atoms with Crippen LogP contribution in [0.3, 0.4) is 0 Å². The number of nitrogens with zero attached hydrogens (tertiary/aromatic N) is 3. The van der Waals surface area contributed by atoms with E-state index in [-0.39, 0.29) is 23.9 Å². The summed E-state index contributed by atoms with van der Waals surface area (Å²) in [5.74, 6) is 1.49. The predicted octanol–water partition coefficient (Wildman–Crippen LogP) is 2.59. The van der Waals surface area contributed by atoms with Crippen LogP contribution in [0.4, 0.5) is 10.3 Å². The first kappa shape index (κ1) is 19.8. The second kappa shape index (κ2) is 8.86. The summed E-state index contributed by atoms with van der Waals surface area (Å²) in [6.07, 6.45) is 6.21. The van der Waals surface area contributed by atoms with E-state index in [1.54, 1.807) is 25.6 Å². The molecule has 1 aromatic carbocycles. The second-order valence-corrected chi connectivity index (χ2v) is 8.02. The molecule has 7 heteroatoms. The van der Waals surface area contributed by atoms with E-state index in [2.05, 4.69) is 20.2 Å². The van der Waals surface area contributed by atoms with Crippen molar-refractivity contribution in [3.05, 3.63) is 54.1 Å². The molecule has 1 amide bonds. The molecule has 2 aliphatic rings. The Bertz CT molecular complexity index is 835. The quantitative estimate of drug-likeness (QED) is 0.810. The summed E-state index contributed by atoms with van der Waals surface area (Å²) in [5, 5.41) is 3.16. The van der Waals surface area contributed by atoms with Crippen LogP contribution in [0.2, 0.25) is 0 Å². The molecule has 2 fully saturated rings.